The first kappa shape index (κ1) is 23.6. The lowest BCUT2D eigenvalue weighted by molar-refractivity contribution is -0.384. The van der Waals surface area contributed by atoms with Crippen LogP contribution in [0.1, 0.15) is 21.7 Å². The van der Waals surface area contributed by atoms with E-state index in [4.69, 9.17) is 44.0 Å². The molecule has 1 amide bonds. The SMILES string of the molecule is O=C(N/N=C/c1cc(Cl)c(OCc2ccc([N+](=O)[O-])cc2)c(Cl)c1)c1cc2cc(Cl)ccc2o1. The summed E-state index contributed by atoms with van der Waals surface area (Å²) in [6.07, 6.45) is 1.37. The normalized spacial score (nSPS) is 11.1. The average molecular weight is 519 g/mol. The van der Waals surface area contributed by atoms with Gasteiger partial charge in [-0.15, -0.1) is 0 Å². The highest BCUT2D eigenvalue weighted by atomic mass is 35.5. The summed E-state index contributed by atoms with van der Waals surface area (Å²) in [5.41, 5.74) is 4.12. The molecule has 34 heavy (non-hydrogen) atoms. The van der Waals surface area contributed by atoms with Crippen molar-refractivity contribution in [1.29, 1.82) is 0 Å². The zero-order valence-electron chi connectivity index (χ0n) is 17.1. The Morgan fingerprint density at radius 2 is 1.76 bits per heavy atom. The van der Waals surface area contributed by atoms with Crippen LogP contribution in [0.3, 0.4) is 0 Å². The number of fused-ring (bicyclic) bond motifs is 1. The van der Waals surface area contributed by atoms with Crippen molar-refractivity contribution in [2.24, 2.45) is 5.10 Å². The summed E-state index contributed by atoms with van der Waals surface area (Å²) in [6, 6.07) is 15.7. The first-order valence-corrected chi connectivity index (χ1v) is 10.8. The molecule has 1 aromatic heterocycles. The quantitative estimate of drug-likeness (QED) is 0.168. The molecule has 8 nitrogen and oxygen atoms in total. The summed E-state index contributed by atoms with van der Waals surface area (Å²) in [7, 11) is 0. The summed E-state index contributed by atoms with van der Waals surface area (Å²) in [6.45, 7) is 0.115. The largest absolute Gasteiger partial charge is 0.486 e. The number of rotatable bonds is 7. The number of halogens is 3. The molecular weight excluding hydrogens is 505 g/mol. The van der Waals surface area contributed by atoms with Gasteiger partial charge in [0, 0.05) is 22.5 Å². The third-order valence-corrected chi connectivity index (χ3v) is 5.43. The number of nitro groups is 1. The molecule has 4 aromatic rings. The van der Waals surface area contributed by atoms with Crippen molar-refractivity contribution in [3.63, 3.8) is 0 Å². The Morgan fingerprint density at radius 3 is 2.44 bits per heavy atom. The first-order chi connectivity index (χ1) is 16.3. The zero-order chi connectivity index (χ0) is 24.2. The minimum atomic E-state index is -0.538. The van der Waals surface area contributed by atoms with E-state index in [2.05, 4.69) is 10.5 Å². The van der Waals surface area contributed by atoms with Gasteiger partial charge in [-0.3, -0.25) is 14.9 Å². The standard InChI is InChI=1S/C23H14Cl3N3O5/c24-16-3-6-20-15(9-16)10-21(34-20)23(30)28-27-11-14-7-18(25)22(19(26)8-14)33-12-13-1-4-17(5-2-13)29(31)32/h1-11H,12H2,(H,28,30)/b27-11+. The molecule has 0 radical (unpaired) electrons. The highest BCUT2D eigenvalue weighted by molar-refractivity contribution is 6.37. The second-order valence-electron chi connectivity index (χ2n) is 7.02. The number of amides is 1. The van der Waals surface area contributed by atoms with E-state index >= 15 is 0 Å². The second-order valence-corrected chi connectivity index (χ2v) is 8.27. The topological polar surface area (TPSA) is 107 Å². The number of hydrazone groups is 1. The molecule has 172 valence electrons. The monoisotopic (exact) mass is 517 g/mol. The van der Waals surface area contributed by atoms with Gasteiger partial charge in [-0.2, -0.15) is 5.10 Å². The Hall–Kier alpha value is -3.59. The summed E-state index contributed by atoms with van der Waals surface area (Å²) in [4.78, 5) is 22.6. The summed E-state index contributed by atoms with van der Waals surface area (Å²) >= 11 is 18.5. The van der Waals surface area contributed by atoms with E-state index in [-0.39, 0.29) is 33.8 Å². The number of hydrogen-bond acceptors (Lipinski definition) is 6. The average Bonchev–Trinajstić information content (AvgIpc) is 3.22. The van der Waals surface area contributed by atoms with Crippen LogP contribution >= 0.6 is 34.8 Å². The van der Waals surface area contributed by atoms with Crippen molar-refractivity contribution in [3.05, 3.63) is 103 Å². The lowest BCUT2D eigenvalue weighted by atomic mass is 10.2. The molecule has 11 heteroatoms. The van der Waals surface area contributed by atoms with Crippen LogP contribution in [0.2, 0.25) is 15.1 Å². The molecule has 0 aliphatic heterocycles. The lowest BCUT2D eigenvalue weighted by Crippen LogP contribution is -2.16. The molecule has 0 saturated heterocycles. The summed E-state index contributed by atoms with van der Waals surface area (Å²) < 4.78 is 11.2. The van der Waals surface area contributed by atoms with Gasteiger partial charge in [-0.05, 0) is 59.7 Å². The third kappa shape index (κ3) is 5.48. The second kappa shape index (κ2) is 10.1. The fraction of sp³-hybridized carbons (Fsp3) is 0.0435. The van der Waals surface area contributed by atoms with Crippen LogP contribution in [0.25, 0.3) is 11.0 Å². The molecule has 3 aromatic carbocycles. The van der Waals surface area contributed by atoms with E-state index in [1.165, 1.54) is 18.3 Å². The number of nitrogens with zero attached hydrogens (tertiary/aromatic N) is 2. The fourth-order valence-corrected chi connectivity index (χ4v) is 3.80. The van der Waals surface area contributed by atoms with Gasteiger partial charge in [-0.1, -0.05) is 34.8 Å². The number of benzene rings is 3. The third-order valence-electron chi connectivity index (χ3n) is 4.63. The van der Waals surface area contributed by atoms with Crippen LogP contribution < -0.4 is 10.2 Å². The van der Waals surface area contributed by atoms with Crippen molar-refractivity contribution in [1.82, 2.24) is 5.43 Å². The van der Waals surface area contributed by atoms with Crippen LogP contribution in [-0.4, -0.2) is 17.0 Å². The molecule has 1 heterocycles. The van der Waals surface area contributed by atoms with E-state index in [1.54, 1.807) is 48.5 Å². The van der Waals surface area contributed by atoms with Gasteiger partial charge in [0.2, 0.25) is 0 Å². The fourth-order valence-electron chi connectivity index (χ4n) is 3.01. The Labute approximate surface area is 207 Å². The molecular formula is C23H14Cl3N3O5. The summed E-state index contributed by atoms with van der Waals surface area (Å²) in [5.74, 6) is -0.201. The maximum atomic E-state index is 12.3. The van der Waals surface area contributed by atoms with Crippen molar-refractivity contribution in [3.8, 4) is 5.75 Å². The smallest absolute Gasteiger partial charge is 0.307 e. The molecule has 0 aliphatic rings. The Morgan fingerprint density at radius 1 is 1.06 bits per heavy atom. The number of furan rings is 1. The maximum absolute atomic E-state index is 12.3. The van der Waals surface area contributed by atoms with Crippen LogP contribution in [-0.2, 0) is 6.61 Å². The molecule has 0 saturated carbocycles. The van der Waals surface area contributed by atoms with E-state index in [0.717, 1.165) is 0 Å². The molecule has 0 spiro atoms. The van der Waals surface area contributed by atoms with E-state index in [0.29, 0.717) is 27.1 Å². The van der Waals surface area contributed by atoms with Crippen molar-refractivity contribution < 1.29 is 18.9 Å². The molecule has 0 bridgehead atoms. The highest BCUT2D eigenvalue weighted by Gasteiger charge is 2.13. The van der Waals surface area contributed by atoms with Crippen LogP contribution in [0.5, 0.6) is 5.75 Å². The number of hydrogen-bond donors (Lipinski definition) is 1. The predicted octanol–water partition coefficient (Wildman–Crippen LogP) is 6.64. The van der Waals surface area contributed by atoms with Crippen molar-refractivity contribution in [2.45, 2.75) is 6.61 Å². The highest BCUT2D eigenvalue weighted by Crippen LogP contribution is 2.34. The van der Waals surface area contributed by atoms with Gasteiger partial charge in [0.05, 0.1) is 21.2 Å². The van der Waals surface area contributed by atoms with Crippen LogP contribution in [0.4, 0.5) is 5.69 Å². The molecule has 0 atom stereocenters. The van der Waals surface area contributed by atoms with E-state index < -0.39 is 10.8 Å². The minimum Gasteiger partial charge on any atom is -0.486 e. The molecule has 0 fully saturated rings. The number of nitro benzene ring substituents is 1. The van der Waals surface area contributed by atoms with Gasteiger partial charge < -0.3 is 9.15 Å². The zero-order valence-corrected chi connectivity index (χ0v) is 19.4. The molecule has 0 aliphatic carbocycles. The summed E-state index contributed by atoms with van der Waals surface area (Å²) in [5, 5.41) is 16.4. The molecule has 0 unspecified atom stereocenters. The maximum Gasteiger partial charge on any atom is 0.307 e. The number of carbonyl (C=O) groups excluding carboxylic acids is 1. The number of carbonyl (C=O) groups is 1. The minimum absolute atomic E-state index is 0.0136. The molecule has 1 N–H and O–H groups in total. The number of ether oxygens (including phenoxy) is 1. The van der Waals surface area contributed by atoms with Crippen LogP contribution in [0.15, 0.2) is 70.2 Å². The van der Waals surface area contributed by atoms with E-state index in [1.807, 2.05) is 0 Å². The van der Waals surface area contributed by atoms with Crippen LogP contribution in [0, 0.1) is 10.1 Å². The van der Waals surface area contributed by atoms with Gasteiger partial charge in [0.15, 0.2) is 11.5 Å². The first-order valence-electron chi connectivity index (χ1n) is 9.68. The van der Waals surface area contributed by atoms with Gasteiger partial charge in [0.25, 0.3) is 5.69 Å². The Bertz CT molecular complexity index is 1390. The van der Waals surface area contributed by atoms with Crippen molar-refractivity contribution in [2.75, 3.05) is 0 Å². The number of nitrogens with one attached hydrogen (secondary N) is 1. The number of non-ortho nitro benzene ring substituents is 1. The van der Waals surface area contributed by atoms with Gasteiger partial charge >= 0.3 is 5.91 Å². The molecule has 4 rings (SSSR count). The predicted molar refractivity (Wildman–Crippen MR) is 130 cm³/mol. The Balaban J connectivity index is 1.39. The van der Waals surface area contributed by atoms with Gasteiger partial charge in [0.1, 0.15) is 12.2 Å². The van der Waals surface area contributed by atoms with Crippen molar-refractivity contribution >= 4 is 63.6 Å². The van der Waals surface area contributed by atoms with E-state index in [9.17, 15) is 14.9 Å². The lowest BCUT2D eigenvalue weighted by Gasteiger charge is -2.11. The van der Waals surface area contributed by atoms with Gasteiger partial charge in [-0.25, -0.2) is 5.43 Å². The Kier molecular flexibility index (Phi) is 7.02.